The second-order valence-electron chi connectivity index (χ2n) is 17.5. The van der Waals surface area contributed by atoms with Crippen molar-refractivity contribution in [3.63, 3.8) is 0 Å². The maximum Gasteiger partial charge on any atom is 0.472 e. The number of aliphatic hydroxyl groups is 1. The highest BCUT2D eigenvalue weighted by molar-refractivity contribution is 7.47. The number of hydrogen-bond acceptors (Lipinski definition) is 5. The summed E-state index contributed by atoms with van der Waals surface area (Å²) in [6.45, 7) is 4.82. The molecule has 0 aromatic rings. The van der Waals surface area contributed by atoms with Gasteiger partial charge in [-0.15, -0.1) is 0 Å². The SMILES string of the molecule is CCCCCCCCCCCC/C=C\CCCCCCCCCC(=O)NC(COP(=O)(O)OCC[N+](C)(C)C)C(O)/C=C/CCCCCCCCCCCCC. The molecule has 0 aliphatic rings. The van der Waals surface area contributed by atoms with Crippen LogP contribution in [0.5, 0.6) is 0 Å². The van der Waals surface area contributed by atoms with Crippen LogP contribution in [0.25, 0.3) is 0 Å². The number of likely N-dealkylation sites (N-methyl/N-ethyl adjacent to an activating group) is 1. The van der Waals surface area contributed by atoms with Gasteiger partial charge < -0.3 is 19.8 Å². The number of amides is 1. The van der Waals surface area contributed by atoms with Crippen molar-refractivity contribution < 1.29 is 32.9 Å². The van der Waals surface area contributed by atoms with E-state index in [9.17, 15) is 19.4 Å². The van der Waals surface area contributed by atoms with Gasteiger partial charge in [-0.3, -0.25) is 13.8 Å². The van der Waals surface area contributed by atoms with Crippen LogP contribution in [0.2, 0.25) is 0 Å². The van der Waals surface area contributed by atoms with Crippen molar-refractivity contribution >= 4 is 13.7 Å². The highest BCUT2D eigenvalue weighted by Gasteiger charge is 2.27. The Morgan fingerprint density at radius 2 is 0.964 bits per heavy atom. The molecular weight excluding hydrogens is 719 g/mol. The molecule has 3 unspecified atom stereocenters. The van der Waals surface area contributed by atoms with Gasteiger partial charge >= 0.3 is 7.82 Å². The topological polar surface area (TPSA) is 105 Å². The minimum Gasteiger partial charge on any atom is -0.387 e. The van der Waals surface area contributed by atoms with Gasteiger partial charge in [-0.2, -0.15) is 0 Å². The van der Waals surface area contributed by atoms with E-state index in [1.54, 1.807) is 6.08 Å². The molecule has 0 heterocycles. The van der Waals surface area contributed by atoms with Crippen LogP contribution < -0.4 is 5.32 Å². The molecule has 0 radical (unpaired) electrons. The lowest BCUT2D eigenvalue weighted by Gasteiger charge is -2.25. The quantitative estimate of drug-likeness (QED) is 0.0245. The predicted octanol–water partition coefficient (Wildman–Crippen LogP) is 13.3. The zero-order chi connectivity index (χ0) is 41.4. The van der Waals surface area contributed by atoms with Crippen molar-refractivity contribution in [2.24, 2.45) is 0 Å². The lowest BCUT2D eigenvalue weighted by atomic mass is 10.0. The summed E-state index contributed by atoms with van der Waals surface area (Å²) in [6.07, 6.45) is 46.8. The first kappa shape index (κ1) is 55.0. The van der Waals surface area contributed by atoms with E-state index in [1.165, 1.54) is 161 Å². The largest absolute Gasteiger partial charge is 0.472 e. The second-order valence-corrected chi connectivity index (χ2v) is 18.9. The van der Waals surface area contributed by atoms with E-state index in [0.717, 1.165) is 38.5 Å². The summed E-state index contributed by atoms with van der Waals surface area (Å²) in [4.78, 5) is 23.1. The lowest BCUT2D eigenvalue weighted by molar-refractivity contribution is -0.870. The fourth-order valence-electron chi connectivity index (χ4n) is 6.86. The Morgan fingerprint density at radius 3 is 1.38 bits per heavy atom. The highest BCUT2D eigenvalue weighted by atomic mass is 31.2. The van der Waals surface area contributed by atoms with Gasteiger partial charge in [0.05, 0.1) is 39.9 Å². The molecule has 0 aromatic carbocycles. The van der Waals surface area contributed by atoms with Crippen molar-refractivity contribution in [1.82, 2.24) is 5.32 Å². The summed E-state index contributed by atoms with van der Waals surface area (Å²) in [5.41, 5.74) is 0. The molecule has 0 saturated carbocycles. The van der Waals surface area contributed by atoms with Crippen LogP contribution in [0.4, 0.5) is 0 Å². The zero-order valence-corrected chi connectivity index (χ0v) is 38.5. The summed E-state index contributed by atoms with van der Waals surface area (Å²) in [6, 6.07) is -0.845. The molecule has 0 aromatic heterocycles. The predicted molar refractivity (Wildman–Crippen MR) is 240 cm³/mol. The average molecular weight is 814 g/mol. The summed E-state index contributed by atoms with van der Waals surface area (Å²) in [5, 5.41) is 13.8. The zero-order valence-electron chi connectivity index (χ0n) is 37.6. The molecule has 3 N–H and O–H groups in total. The molecule has 0 aliphatic heterocycles. The van der Waals surface area contributed by atoms with E-state index in [0.29, 0.717) is 17.4 Å². The first-order chi connectivity index (χ1) is 27.0. The molecule has 1 amide bonds. The third-order valence-electron chi connectivity index (χ3n) is 10.7. The Hall–Kier alpha value is -1.02. The van der Waals surface area contributed by atoms with Crippen LogP contribution in [0, 0.1) is 0 Å². The molecular formula is C47H94N2O6P+. The number of phosphoric acid groups is 1. The number of unbranched alkanes of at least 4 members (excludes halogenated alkanes) is 28. The van der Waals surface area contributed by atoms with Gasteiger partial charge in [0.25, 0.3) is 0 Å². The van der Waals surface area contributed by atoms with Gasteiger partial charge in [0.15, 0.2) is 0 Å². The molecule has 0 spiro atoms. The Labute approximate surface area is 347 Å². The Balaban J connectivity index is 4.31. The molecule has 0 bridgehead atoms. The van der Waals surface area contributed by atoms with Crippen molar-refractivity contribution in [3.8, 4) is 0 Å². The lowest BCUT2D eigenvalue weighted by Crippen LogP contribution is -2.45. The number of carbonyl (C=O) groups excluding carboxylic acids is 1. The summed E-state index contributed by atoms with van der Waals surface area (Å²) < 4.78 is 23.6. The van der Waals surface area contributed by atoms with E-state index in [2.05, 4.69) is 31.3 Å². The minimum atomic E-state index is -4.34. The number of carbonyl (C=O) groups is 1. The minimum absolute atomic E-state index is 0.0617. The van der Waals surface area contributed by atoms with Gasteiger partial charge in [-0.05, 0) is 44.9 Å². The number of aliphatic hydroxyl groups excluding tert-OH is 1. The molecule has 0 aliphatic carbocycles. The maximum absolute atomic E-state index is 12.9. The van der Waals surface area contributed by atoms with Crippen molar-refractivity contribution in [2.75, 3.05) is 40.9 Å². The average Bonchev–Trinajstić information content (AvgIpc) is 3.15. The van der Waals surface area contributed by atoms with E-state index < -0.39 is 20.0 Å². The number of nitrogens with one attached hydrogen (secondary N) is 1. The third-order valence-corrected chi connectivity index (χ3v) is 11.6. The monoisotopic (exact) mass is 814 g/mol. The highest BCUT2D eigenvalue weighted by Crippen LogP contribution is 2.43. The number of phosphoric ester groups is 1. The number of allylic oxidation sites excluding steroid dienone is 3. The molecule has 56 heavy (non-hydrogen) atoms. The fourth-order valence-corrected chi connectivity index (χ4v) is 7.60. The van der Waals surface area contributed by atoms with Crippen molar-refractivity contribution in [2.45, 2.75) is 231 Å². The van der Waals surface area contributed by atoms with Crippen LogP contribution in [-0.2, 0) is 18.4 Å². The van der Waals surface area contributed by atoms with Crippen LogP contribution >= 0.6 is 7.82 Å². The van der Waals surface area contributed by atoms with Crippen LogP contribution in [0.1, 0.15) is 219 Å². The van der Waals surface area contributed by atoms with Crippen molar-refractivity contribution in [3.05, 3.63) is 24.3 Å². The van der Waals surface area contributed by atoms with E-state index in [1.807, 2.05) is 27.2 Å². The number of hydrogen-bond donors (Lipinski definition) is 3. The van der Waals surface area contributed by atoms with E-state index in [-0.39, 0.29) is 19.1 Å². The molecule has 9 heteroatoms. The molecule has 0 saturated heterocycles. The van der Waals surface area contributed by atoms with Crippen LogP contribution in [0.15, 0.2) is 24.3 Å². The normalized spacial score (nSPS) is 14.5. The van der Waals surface area contributed by atoms with E-state index >= 15 is 0 Å². The molecule has 8 nitrogen and oxygen atoms in total. The molecule has 0 fully saturated rings. The molecule has 3 atom stereocenters. The van der Waals surface area contributed by atoms with Crippen molar-refractivity contribution in [1.29, 1.82) is 0 Å². The molecule has 0 rings (SSSR count). The smallest absolute Gasteiger partial charge is 0.387 e. The Morgan fingerprint density at radius 1 is 0.589 bits per heavy atom. The number of nitrogens with zero attached hydrogens (tertiary/aromatic N) is 1. The first-order valence-electron chi connectivity index (χ1n) is 23.7. The molecule has 332 valence electrons. The van der Waals surface area contributed by atoms with Crippen LogP contribution in [-0.4, -0.2) is 73.4 Å². The second kappa shape index (κ2) is 39.4. The van der Waals surface area contributed by atoms with Gasteiger partial charge in [0.2, 0.25) is 5.91 Å². The third kappa shape index (κ3) is 41.2. The van der Waals surface area contributed by atoms with Gasteiger partial charge in [-0.1, -0.05) is 192 Å². The number of rotatable bonds is 43. The first-order valence-corrected chi connectivity index (χ1v) is 25.2. The standard InChI is InChI=1S/C47H93N2O6P/c1-6-8-10-12-14-16-18-20-21-22-23-24-25-26-27-29-31-33-35-37-39-41-47(51)48-45(44-55-56(52,53)54-43-42-49(3,4)5)46(50)40-38-36-34-32-30-28-19-17-15-13-11-9-7-2/h24-25,38,40,45-46,50H,6-23,26-37,39,41-44H2,1-5H3,(H-,48,51,52,53)/p+1/b25-24-,40-38+. The fraction of sp³-hybridized carbons (Fsp3) is 0.894. The maximum atomic E-state index is 12.9. The number of quaternary nitrogens is 1. The van der Waals surface area contributed by atoms with E-state index in [4.69, 9.17) is 9.05 Å². The summed E-state index contributed by atoms with van der Waals surface area (Å²) in [5.74, 6) is -0.181. The summed E-state index contributed by atoms with van der Waals surface area (Å²) in [7, 11) is 1.57. The van der Waals surface area contributed by atoms with Crippen LogP contribution in [0.3, 0.4) is 0 Å². The summed E-state index contributed by atoms with van der Waals surface area (Å²) >= 11 is 0. The Kier molecular flexibility index (Phi) is 38.7. The van der Waals surface area contributed by atoms with Gasteiger partial charge in [0, 0.05) is 6.42 Å². The van der Waals surface area contributed by atoms with Gasteiger partial charge in [0.1, 0.15) is 13.2 Å². The van der Waals surface area contributed by atoms with Gasteiger partial charge in [-0.25, -0.2) is 4.57 Å². The Bertz CT molecular complexity index is 969.